The van der Waals surface area contributed by atoms with Crippen molar-refractivity contribution in [3.63, 3.8) is 0 Å². The molecule has 2 rings (SSSR count). The fourth-order valence-corrected chi connectivity index (χ4v) is 1.97. The average molecular weight is 187 g/mol. The Kier molecular flexibility index (Phi) is 2.32. The second-order valence-corrected chi connectivity index (χ2v) is 4.25. The number of benzene rings is 1. The largest absolute Gasteiger partial charge is 0.363 e. The van der Waals surface area contributed by atoms with Crippen LogP contribution in [0, 0.1) is 0 Å². The van der Waals surface area contributed by atoms with Crippen LogP contribution in [0.4, 0.5) is 0 Å². The molecule has 1 aliphatic rings. The molecule has 1 aromatic carbocycles. The summed E-state index contributed by atoms with van der Waals surface area (Å²) in [6.45, 7) is 6.57. The summed E-state index contributed by atoms with van der Waals surface area (Å²) in [5.41, 5.74) is 2.80. The number of hydrogen-bond acceptors (Lipinski definition) is 1. The Labute approximate surface area is 86.1 Å². The standard InChI is InChI=1S/C13H17N/c1-10(2)9-14-11(3)13(14)12-7-5-4-6-8-12/h4-9,11,13H,1-3H3/t11-,13+,14?/m1/s1. The third kappa shape index (κ3) is 1.67. The topological polar surface area (TPSA) is 3.01 Å². The van der Waals surface area contributed by atoms with Crippen molar-refractivity contribution in [3.05, 3.63) is 47.7 Å². The molecule has 1 heteroatoms. The second kappa shape index (κ2) is 3.49. The maximum absolute atomic E-state index is 2.41. The molecule has 0 aliphatic carbocycles. The normalized spacial score (nSPS) is 24.6. The van der Waals surface area contributed by atoms with Gasteiger partial charge in [-0.15, -0.1) is 0 Å². The molecule has 1 heterocycles. The van der Waals surface area contributed by atoms with E-state index in [9.17, 15) is 0 Å². The predicted octanol–water partition coefficient (Wildman–Crippen LogP) is 3.36. The monoisotopic (exact) mass is 187 g/mol. The van der Waals surface area contributed by atoms with Gasteiger partial charge in [0.2, 0.25) is 0 Å². The van der Waals surface area contributed by atoms with Crippen molar-refractivity contribution in [3.8, 4) is 0 Å². The number of rotatable bonds is 2. The van der Waals surface area contributed by atoms with E-state index in [1.807, 2.05) is 0 Å². The highest BCUT2D eigenvalue weighted by atomic mass is 15.3. The first-order valence-electron chi connectivity index (χ1n) is 5.17. The minimum absolute atomic E-state index is 0.603. The zero-order chi connectivity index (χ0) is 10.1. The highest BCUT2D eigenvalue weighted by Gasteiger charge is 2.42. The number of hydrogen-bond donors (Lipinski definition) is 0. The Balaban J connectivity index is 2.13. The first-order valence-corrected chi connectivity index (χ1v) is 5.17. The summed E-state index contributed by atoms with van der Waals surface area (Å²) in [6, 6.07) is 12.0. The summed E-state index contributed by atoms with van der Waals surface area (Å²) in [7, 11) is 0. The molecule has 0 spiro atoms. The van der Waals surface area contributed by atoms with Crippen molar-refractivity contribution in [2.75, 3.05) is 0 Å². The highest BCUT2D eigenvalue weighted by Crippen LogP contribution is 2.43. The van der Waals surface area contributed by atoms with Crippen LogP contribution in [-0.4, -0.2) is 10.9 Å². The maximum atomic E-state index is 2.41. The molecular weight excluding hydrogens is 170 g/mol. The van der Waals surface area contributed by atoms with Gasteiger partial charge >= 0.3 is 0 Å². The molecule has 1 saturated heterocycles. The molecule has 0 N–H and O–H groups in total. The van der Waals surface area contributed by atoms with Crippen LogP contribution < -0.4 is 0 Å². The van der Waals surface area contributed by atoms with E-state index in [1.165, 1.54) is 11.1 Å². The Bertz CT molecular complexity index is 336. The molecule has 2 atom stereocenters. The van der Waals surface area contributed by atoms with Gasteiger partial charge in [0.25, 0.3) is 0 Å². The number of nitrogens with zero attached hydrogens (tertiary/aromatic N) is 1. The third-order valence-electron chi connectivity index (χ3n) is 2.71. The molecule has 1 aromatic rings. The van der Waals surface area contributed by atoms with Crippen LogP contribution in [0.3, 0.4) is 0 Å². The zero-order valence-corrected chi connectivity index (χ0v) is 9.07. The lowest BCUT2D eigenvalue weighted by molar-refractivity contribution is 0.655. The minimum Gasteiger partial charge on any atom is -0.363 e. The lowest BCUT2D eigenvalue weighted by Gasteiger charge is -1.99. The van der Waals surface area contributed by atoms with Crippen LogP contribution in [0.5, 0.6) is 0 Å². The van der Waals surface area contributed by atoms with Crippen molar-refractivity contribution in [1.82, 2.24) is 4.90 Å². The summed E-state index contributed by atoms with van der Waals surface area (Å²) in [6.07, 6.45) is 2.25. The van der Waals surface area contributed by atoms with Crippen LogP contribution in [0.25, 0.3) is 0 Å². The fraction of sp³-hybridized carbons (Fsp3) is 0.385. The summed E-state index contributed by atoms with van der Waals surface area (Å²) < 4.78 is 0. The minimum atomic E-state index is 0.603. The van der Waals surface area contributed by atoms with Crippen molar-refractivity contribution < 1.29 is 0 Å². The van der Waals surface area contributed by atoms with Crippen molar-refractivity contribution in [2.24, 2.45) is 0 Å². The molecular formula is C13H17N. The van der Waals surface area contributed by atoms with Crippen molar-refractivity contribution in [2.45, 2.75) is 32.9 Å². The molecule has 0 radical (unpaired) electrons. The molecule has 0 saturated carbocycles. The van der Waals surface area contributed by atoms with E-state index in [4.69, 9.17) is 0 Å². The number of allylic oxidation sites excluding steroid dienone is 1. The van der Waals surface area contributed by atoms with Crippen LogP contribution in [0.2, 0.25) is 0 Å². The Hall–Kier alpha value is -1.24. The molecule has 0 amide bonds. The Morgan fingerprint density at radius 2 is 1.86 bits per heavy atom. The summed E-state index contributed by atoms with van der Waals surface area (Å²) in [5, 5.41) is 0. The van der Waals surface area contributed by atoms with Crippen LogP contribution in [0.1, 0.15) is 32.4 Å². The molecule has 74 valence electrons. The van der Waals surface area contributed by atoms with E-state index < -0.39 is 0 Å². The first-order chi connectivity index (χ1) is 6.70. The first kappa shape index (κ1) is 9.32. The van der Waals surface area contributed by atoms with E-state index in [0.29, 0.717) is 12.1 Å². The summed E-state index contributed by atoms with van der Waals surface area (Å²) in [4.78, 5) is 2.41. The quantitative estimate of drug-likeness (QED) is 0.642. The van der Waals surface area contributed by atoms with Gasteiger partial charge in [-0.3, -0.25) is 0 Å². The average Bonchev–Trinajstić information content (AvgIpc) is 2.77. The lowest BCUT2D eigenvalue weighted by Crippen LogP contribution is -1.88. The third-order valence-corrected chi connectivity index (χ3v) is 2.71. The van der Waals surface area contributed by atoms with Crippen LogP contribution >= 0.6 is 0 Å². The molecule has 0 aromatic heterocycles. The summed E-state index contributed by atoms with van der Waals surface area (Å²) in [5.74, 6) is 0. The van der Waals surface area contributed by atoms with Gasteiger partial charge in [0.05, 0.1) is 12.1 Å². The molecule has 1 aliphatic heterocycles. The molecule has 0 unspecified atom stereocenters. The van der Waals surface area contributed by atoms with Crippen LogP contribution in [0.15, 0.2) is 42.1 Å². The van der Waals surface area contributed by atoms with E-state index in [-0.39, 0.29) is 0 Å². The SMILES string of the molecule is CC(C)=CN1[C@H](C)[C@H]1c1ccccc1. The molecule has 14 heavy (non-hydrogen) atoms. The molecule has 0 bridgehead atoms. The van der Waals surface area contributed by atoms with Crippen molar-refractivity contribution in [1.29, 1.82) is 0 Å². The van der Waals surface area contributed by atoms with E-state index in [1.54, 1.807) is 0 Å². The van der Waals surface area contributed by atoms with Crippen molar-refractivity contribution >= 4 is 0 Å². The van der Waals surface area contributed by atoms with E-state index >= 15 is 0 Å². The Morgan fingerprint density at radius 3 is 2.43 bits per heavy atom. The maximum Gasteiger partial charge on any atom is 0.0741 e. The molecule has 1 fully saturated rings. The van der Waals surface area contributed by atoms with Gasteiger partial charge in [-0.25, -0.2) is 0 Å². The molecule has 1 nitrogen and oxygen atoms in total. The zero-order valence-electron chi connectivity index (χ0n) is 9.07. The Morgan fingerprint density at radius 1 is 1.21 bits per heavy atom. The van der Waals surface area contributed by atoms with E-state index in [2.05, 4.69) is 62.2 Å². The highest BCUT2D eigenvalue weighted by molar-refractivity contribution is 5.28. The van der Waals surface area contributed by atoms with Gasteiger partial charge < -0.3 is 4.90 Å². The van der Waals surface area contributed by atoms with Crippen LogP contribution in [-0.2, 0) is 0 Å². The van der Waals surface area contributed by atoms with Gasteiger partial charge in [0, 0.05) is 0 Å². The van der Waals surface area contributed by atoms with Gasteiger partial charge in [-0.05, 0) is 32.5 Å². The lowest BCUT2D eigenvalue weighted by atomic mass is 10.1. The van der Waals surface area contributed by atoms with Gasteiger partial charge in [-0.1, -0.05) is 35.9 Å². The van der Waals surface area contributed by atoms with Gasteiger partial charge in [-0.2, -0.15) is 0 Å². The van der Waals surface area contributed by atoms with Gasteiger partial charge in [0.1, 0.15) is 0 Å². The van der Waals surface area contributed by atoms with Gasteiger partial charge in [0.15, 0.2) is 0 Å². The smallest absolute Gasteiger partial charge is 0.0741 e. The second-order valence-electron chi connectivity index (χ2n) is 4.25. The fourth-order valence-electron chi connectivity index (χ4n) is 1.97. The predicted molar refractivity (Wildman–Crippen MR) is 59.9 cm³/mol. The van der Waals surface area contributed by atoms with E-state index in [0.717, 1.165) is 0 Å². The summed E-state index contributed by atoms with van der Waals surface area (Å²) >= 11 is 0.